The smallest absolute Gasteiger partial charge is 0.227 e. The number of rotatable bonds is 2. The maximum Gasteiger partial charge on any atom is 0.227 e. The van der Waals surface area contributed by atoms with Gasteiger partial charge in [0.15, 0.2) is 0 Å². The van der Waals surface area contributed by atoms with Crippen molar-refractivity contribution >= 4 is 17.3 Å². The van der Waals surface area contributed by atoms with E-state index < -0.39 is 0 Å². The van der Waals surface area contributed by atoms with Crippen molar-refractivity contribution in [2.75, 3.05) is 11.1 Å². The molecule has 1 aliphatic carbocycles. The zero-order valence-corrected chi connectivity index (χ0v) is 12.2. The standard InChI is InChI=1S/C18H20N2O/c1-12-10-16(19)8-9-17(12)20-18(21)15-7-6-13-4-2-3-5-14(13)11-15/h2-5,8-10,15H,6-7,11,19H2,1H3,(H,20,21). The van der Waals surface area contributed by atoms with Crippen molar-refractivity contribution in [1.29, 1.82) is 0 Å². The number of hydrogen-bond donors (Lipinski definition) is 2. The number of nitrogens with two attached hydrogens (primary N) is 1. The van der Waals surface area contributed by atoms with Gasteiger partial charge in [0.2, 0.25) is 5.91 Å². The van der Waals surface area contributed by atoms with Crippen LogP contribution in [0, 0.1) is 12.8 Å². The van der Waals surface area contributed by atoms with Gasteiger partial charge < -0.3 is 11.1 Å². The topological polar surface area (TPSA) is 55.1 Å². The van der Waals surface area contributed by atoms with Gasteiger partial charge in [-0.05, 0) is 61.1 Å². The highest BCUT2D eigenvalue weighted by molar-refractivity contribution is 5.93. The zero-order valence-electron chi connectivity index (χ0n) is 12.2. The summed E-state index contributed by atoms with van der Waals surface area (Å²) in [6.45, 7) is 1.96. The molecule has 1 amide bonds. The van der Waals surface area contributed by atoms with Crippen molar-refractivity contribution in [2.45, 2.75) is 26.2 Å². The summed E-state index contributed by atoms with van der Waals surface area (Å²) in [6, 6.07) is 14.0. The SMILES string of the molecule is Cc1cc(N)ccc1NC(=O)C1CCc2ccccc2C1. The molecule has 1 atom stereocenters. The molecule has 0 bridgehead atoms. The lowest BCUT2D eigenvalue weighted by molar-refractivity contribution is -0.120. The molecule has 0 saturated carbocycles. The van der Waals surface area contributed by atoms with Crippen LogP contribution in [0.5, 0.6) is 0 Å². The van der Waals surface area contributed by atoms with Crippen LogP contribution in [0.4, 0.5) is 11.4 Å². The van der Waals surface area contributed by atoms with E-state index in [9.17, 15) is 4.79 Å². The maximum absolute atomic E-state index is 12.5. The van der Waals surface area contributed by atoms with Gasteiger partial charge in [-0.15, -0.1) is 0 Å². The predicted molar refractivity (Wildman–Crippen MR) is 86.2 cm³/mol. The minimum Gasteiger partial charge on any atom is -0.399 e. The van der Waals surface area contributed by atoms with Gasteiger partial charge in [0.1, 0.15) is 0 Å². The van der Waals surface area contributed by atoms with Crippen LogP contribution in [0.15, 0.2) is 42.5 Å². The van der Waals surface area contributed by atoms with E-state index in [1.165, 1.54) is 11.1 Å². The van der Waals surface area contributed by atoms with Crippen molar-refractivity contribution < 1.29 is 4.79 Å². The second-order valence-electron chi connectivity index (χ2n) is 5.77. The number of aryl methyl sites for hydroxylation is 2. The van der Waals surface area contributed by atoms with E-state index in [1.807, 2.05) is 31.2 Å². The van der Waals surface area contributed by atoms with Crippen LogP contribution in [0.2, 0.25) is 0 Å². The summed E-state index contributed by atoms with van der Waals surface area (Å²) in [5.74, 6) is 0.161. The van der Waals surface area contributed by atoms with Gasteiger partial charge in [0, 0.05) is 17.3 Å². The third kappa shape index (κ3) is 2.92. The first kappa shape index (κ1) is 13.7. The Morgan fingerprint density at radius 1 is 1.19 bits per heavy atom. The van der Waals surface area contributed by atoms with Crippen LogP contribution in [0.25, 0.3) is 0 Å². The number of benzene rings is 2. The summed E-state index contributed by atoms with van der Waals surface area (Å²) in [5.41, 5.74) is 11.0. The lowest BCUT2D eigenvalue weighted by Gasteiger charge is -2.24. The minimum atomic E-state index is 0.0526. The Morgan fingerprint density at radius 2 is 1.95 bits per heavy atom. The van der Waals surface area contributed by atoms with E-state index in [0.717, 1.165) is 36.2 Å². The molecule has 3 N–H and O–H groups in total. The molecule has 3 heteroatoms. The number of anilines is 2. The number of carbonyl (C=O) groups is 1. The van der Waals surface area contributed by atoms with Crippen LogP contribution in [0.1, 0.15) is 23.1 Å². The van der Waals surface area contributed by atoms with Crippen molar-refractivity contribution in [3.8, 4) is 0 Å². The van der Waals surface area contributed by atoms with Crippen molar-refractivity contribution in [3.05, 3.63) is 59.2 Å². The average molecular weight is 280 g/mol. The molecule has 3 nitrogen and oxygen atoms in total. The van der Waals surface area contributed by atoms with E-state index >= 15 is 0 Å². The molecule has 0 radical (unpaired) electrons. The van der Waals surface area contributed by atoms with Gasteiger partial charge in [0.25, 0.3) is 0 Å². The molecule has 1 unspecified atom stereocenters. The number of hydrogen-bond acceptors (Lipinski definition) is 2. The van der Waals surface area contributed by atoms with Gasteiger partial charge in [0.05, 0.1) is 0 Å². The molecule has 0 heterocycles. The highest BCUT2D eigenvalue weighted by Gasteiger charge is 2.24. The molecule has 21 heavy (non-hydrogen) atoms. The van der Waals surface area contributed by atoms with Crippen LogP contribution < -0.4 is 11.1 Å². The fraction of sp³-hybridized carbons (Fsp3) is 0.278. The van der Waals surface area contributed by atoms with Crippen molar-refractivity contribution in [1.82, 2.24) is 0 Å². The Morgan fingerprint density at radius 3 is 2.71 bits per heavy atom. The number of fused-ring (bicyclic) bond motifs is 1. The number of nitrogen functional groups attached to an aromatic ring is 1. The van der Waals surface area contributed by atoms with Gasteiger partial charge in [-0.25, -0.2) is 0 Å². The van der Waals surface area contributed by atoms with Crippen LogP contribution in [-0.4, -0.2) is 5.91 Å². The van der Waals surface area contributed by atoms with Gasteiger partial charge >= 0.3 is 0 Å². The third-order valence-corrected chi connectivity index (χ3v) is 4.23. The first-order chi connectivity index (χ1) is 10.1. The zero-order chi connectivity index (χ0) is 14.8. The fourth-order valence-electron chi connectivity index (χ4n) is 2.98. The van der Waals surface area contributed by atoms with Crippen LogP contribution in [0.3, 0.4) is 0 Å². The van der Waals surface area contributed by atoms with Crippen molar-refractivity contribution in [3.63, 3.8) is 0 Å². The fourth-order valence-corrected chi connectivity index (χ4v) is 2.98. The summed E-state index contributed by atoms with van der Waals surface area (Å²) in [4.78, 5) is 12.5. The quantitative estimate of drug-likeness (QED) is 0.829. The molecule has 3 rings (SSSR count). The Balaban J connectivity index is 1.72. The second-order valence-corrected chi connectivity index (χ2v) is 5.77. The van der Waals surface area contributed by atoms with E-state index in [4.69, 9.17) is 5.73 Å². The van der Waals surface area contributed by atoms with Gasteiger partial charge in [-0.3, -0.25) is 4.79 Å². The minimum absolute atomic E-state index is 0.0526. The monoisotopic (exact) mass is 280 g/mol. The average Bonchev–Trinajstić information content (AvgIpc) is 2.49. The Bertz CT molecular complexity index is 679. The lowest BCUT2D eigenvalue weighted by atomic mass is 9.83. The number of amides is 1. The Labute approximate surface area is 125 Å². The van der Waals surface area contributed by atoms with E-state index in [2.05, 4.69) is 23.5 Å². The van der Waals surface area contributed by atoms with Crippen molar-refractivity contribution in [2.24, 2.45) is 5.92 Å². The molecule has 0 fully saturated rings. The van der Waals surface area contributed by atoms with Gasteiger partial charge in [-0.1, -0.05) is 24.3 Å². The summed E-state index contributed by atoms with van der Waals surface area (Å²) in [7, 11) is 0. The first-order valence-corrected chi connectivity index (χ1v) is 7.37. The summed E-state index contributed by atoms with van der Waals surface area (Å²) in [5, 5.41) is 3.04. The molecule has 0 spiro atoms. The molecule has 0 aliphatic heterocycles. The van der Waals surface area contributed by atoms with Gasteiger partial charge in [-0.2, -0.15) is 0 Å². The van der Waals surface area contributed by atoms with E-state index in [-0.39, 0.29) is 11.8 Å². The molecule has 1 aliphatic rings. The lowest BCUT2D eigenvalue weighted by Crippen LogP contribution is -2.28. The molecule has 0 saturated heterocycles. The predicted octanol–water partition coefficient (Wildman–Crippen LogP) is 3.32. The van der Waals surface area contributed by atoms with E-state index in [0.29, 0.717) is 0 Å². The molecule has 0 aromatic heterocycles. The van der Waals surface area contributed by atoms with Crippen LogP contribution >= 0.6 is 0 Å². The number of nitrogens with one attached hydrogen (secondary N) is 1. The second kappa shape index (κ2) is 5.60. The summed E-state index contributed by atoms with van der Waals surface area (Å²) >= 11 is 0. The highest BCUT2D eigenvalue weighted by atomic mass is 16.1. The largest absolute Gasteiger partial charge is 0.399 e. The Kier molecular flexibility index (Phi) is 3.65. The summed E-state index contributed by atoms with van der Waals surface area (Å²) < 4.78 is 0. The molecular weight excluding hydrogens is 260 g/mol. The third-order valence-electron chi connectivity index (χ3n) is 4.23. The molecule has 2 aromatic rings. The van der Waals surface area contributed by atoms with E-state index in [1.54, 1.807) is 0 Å². The normalized spacial score (nSPS) is 17.1. The molecule has 2 aromatic carbocycles. The summed E-state index contributed by atoms with van der Waals surface area (Å²) in [6.07, 6.45) is 2.72. The molecule has 108 valence electrons. The first-order valence-electron chi connectivity index (χ1n) is 7.37. The maximum atomic E-state index is 12.5. The number of carbonyl (C=O) groups excluding carboxylic acids is 1. The Hall–Kier alpha value is -2.29. The highest BCUT2D eigenvalue weighted by Crippen LogP contribution is 2.27. The molecular formula is C18H20N2O. The van der Waals surface area contributed by atoms with Crippen LogP contribution in [-0.2, 0) is 17.6 Å².